The molecular weight excluding hydrogens is 452 g/mol. The van der Waals surface area contributed by atoms with Crippen LogP contribution >= 0.6 is 11.8 Å². The Balaban J connectivity index is 1.49. The van der Waals surface area contributed by atoms with E-state index in [9.17, 15) is 9.90 Å². The van der Waals surface area contributed by atoms with Crippen LogP contribution in [0.25, 0.3) is 22.6 Å². The number of pyridine rings is 1. The van der Waals surface area contributed by atoms with E-state index in [4.69, 9.17) is 0 Å². The zero-order valence-electron chi connectivity index (χ0n) is 18.9. The molecule has 4 aromatic heterocycles. The Morgan fingerprint density at radius 3 is 2.68 bits per heavy atom. The third kappa shape index (κ3) is 4.30. The molecule has 0 unspecified atom stereocenters. The van der Waals surface area contributed by atoms with Gasteiger partial charge in [-0.3, -0.25) is 14.3 Å². The van der Waals surface area contributed by atoms with E-state index in [2.05, 4.69) is 42.1 Å². The van der Waals surface area contributed by atoms with Gasteiger partial charge in [0.1, 0.15) is 17.4 Å². The highest BCUT2D eigenvalue weighted by Crippen LogP contribution is 2.44. The summed E-state index contributed by atoms with van der Waals surface area (Å²) in [6.07, 6.45) is 6.74. The summed E-state index contributed by atoms with van der Waals surface area (Å²) >= 11 is 1.73. The number of nitrogens with zero attached hydrogens (tertiary/aromatic N) is 7. The largest absolute Gasteiger partial charge is 0.493 e. The van der Waals surface area contributed by atoms with Crippen molar-refractivity contribution >= 4 is 28.7 Å². The minimum absolute atomic E-state index is 0.163. The van der Waals surface area contributed by atoms with Crippen LogP contribution in [0.1, 0.15) is 44.0 Å². The van der Waals surface area contributed by atoms with Gasteiger partial charge in [-0.05, 0) is 37.7 Å². The van der Waals surface area contributed by atoms with Crippen molar-refractivity contribution < 1.29 is 5.11 Å². The van der Waals surface area contributed by atoms with Gasteiger partial charge in [0.2, 0.25) is 5.88 Å². The number of hydrogen-bond acceptors (Lipinski definition) is 10. The summed E-state index contributed by atoms with van der Waals surface area (Å²) in [6.45, 7) is 4.74. The third-order valence-electron chi connectivity index (χ3n) is 5.59. The molecule has 0 amide bonds. The maximum atomic E-state index is 13.2. The van der Waals surface area contributed by atoms with Gasteiger partial charge < -0.3 is 10.4 Å². The molecule has 1 fully saturated rings. The first-order valence-corrected chi connectivity index (χ1v) is 12.2. The lowest BCUT2D eigenvalue weighted by atomic mass is 10.1. The Morgan fingerprint density at radius 2 is 1.97 bits per heavy atom. The van der Waals surface area contributed by atoms with Crippen molar-refractivity contribution in [1.29, 1.82) is 0 Å². The summed E-state index contributed by atoms with van der Waals surface area (Å²) in [6, 6.07) is 3.95. The maximum Gasteiger partial charge on any atom is 0.294 e. The van der Waals surface area contributed by atoms with E-state index in [0.29, 0.717) is 29.8 Å². The molecule has 0 atom stereocenters. The molecule has 0 bridgehead atoms. The molecule has 4 heterocycles. The number of aryl methyl sites for hydroxylation is 1. The number of nitrogens with one attached hydrogen (secondary N) is 1. The van der Waals surface area contributed by atoms with Gasteiger partial charge in [0.05, 0.1) is 24.1 Å². The Labute approximate surface area is 200 Å². The summed E-state index contributed by atoms with van der Waals surface area (Å²) in [7, 11) is 0. The van der Waals surface area contributed by atoms with Crippen LogP contribution in [0.15, 0.2) is 40.5 Å². The summed E-state index contributed by atoms with van der Waals surface area (Å²) in [5.74, 6) is 1.59. The Kier molecular flexibility index (Phi) is 6.10. The highest BCUT2D eigenvalue weighted by atomic mass is 32.2. The van der Waals surface area contributed by atoms with Crippen LogP contribution in [0.3, 0.4) is 0 Å². The summed E-state index contributed by atoms with van der Waals surface area (Å²) in [5.41, 5.74) is 2.54. The van der Waals surface area contributed by atoms with Crippen molar-refractivity contribution in [1.82, 2.24) is 34.5 Å². The third-order valence-corrected chi connectivity index (χ3v) is 6.46. The second-order valence-corrected chi connectivity index (χ2v) is 9.25. The zero-order valence-corrected chi connectivity index (χ0v) is 19.7. The predicted molar refractivity (Wildman–Crippen MR) is 130 cm³/mol. The fourth-order valence-corrected chi connectivity index (χ4v) is 4.40. The molecule has 0 aromatic carbocycles. The number of aromatic hydroxyl groups is 1. The van der Waals surface area contributed by atoms with Crippen LogP contribution in [-0.4, -0.2) is 45.3 Å². The van der Waals surface area contributed by atoms with Crippen molar-refractivity contribution in [2.24, 2.45) is 0 Å². The molecule has 0 radical (unpaired) electrons. The summed E-state index contributed by atoms with van der Waals surface area (Å²) in [4.78, 5) is 40.5. The average molecular weight is 477 g/mol. The van der Waals surface area contributed by atoms with E-state index in [1.807, 2.05) is 25.3 Å². The number of rotatable bonds is 8. The van der Waals surface area contributed by atoms with Gasteiger partial charge >= 0.3 is 0 Å². The Morgan fingerprint density at radius 1 is 1.12 bits per heavy atom. The predicted octanol–water partition coefficient (Wildman–Crippen LogP) is 3.37. The second kappa shape index (κ2) is 9.34. The first kappa shape index (κ1) is 22.2. The molecule has 0 spiro atoms. The standard InChI is InChI=1S/C23H24N8O2S/c1-3-31-21-16(11-26-19(30-21)17-18(13-5-6-13)27-12-28-22(17)32)29-20(23(31)33)25-9-14-7-8-15(10-24-14)34-4-2/h7-8,10-13H,3-6,9H2,1-2H3,(H,25,29)(H,27,28,32). The van der Waals surface area contributed by atoms with Crippen molar-refractivity contribution in [3.63, 3.8) is 0 Å². The van der Waals surface area contributed by atoms with Gasteiger partial charge in [0.25, 0.3) is 5.56 Å². The molecule has 1 aliphatic rings. The van der Waals surface area contributed by atoms with Crippen molar-refractivity contribution in [3.05, 3.63) is 52.6 Å². The number of fused-ring (bicyclic) bond motifs is 1. The van der Waals surface area contributed by atoms with Crippen LogP contribution in [-0.2, 0) is 13.1 Å². The normalized spacial score (nSPS) is 13.4. The quantitative estimate of drug-likeness (QED) is 0.365. The number of thioether (sulfide) groups is 1. The van der Waals surface area contributed by atoms with Crippen molar-refractivity contribution in [2.75, 3.05) is 11.1 Å². The van der Waals surface area contributed by atoms with E-state index in [-0.39, 0.29) is 29.0 Å². The first-order chi connectivity index (χ1) is 16.6. The van der Waals surface area contributed by atoms with Gasteiger partial charge in [-0.1, -0.05) is 6.92 Å². The maximum absolute atomic E-state index is 13.2. The van der Waals surface area contributed by atoms with E-state index in [1.54, 1.807) is 22.5 Å². The molecule has 4 aromatic rings. The molecule has 174 valence electrons. The van der Waals surface area contributed by atoms with Gasteiger partial charge in [-0.25, -0.2) is 24.9 Å². The SMILES string of the molecule is CCSc1ccc(CNc2nc3cnc(-c4c(O)ncnc4C4CC4)nc3n(CC)c2=O)nc1. The molecule has 1 saturated carbocycles. The number of aromatic nitrogens is 7. The van der Waals surface area contributed by atoms with E-state index in [0.717, 1.165) is 34.9 Å². The molecule has 0 saturated heterocycles. The molecule has 10 nitrogen and oxygen atoms in total. The fourth-order valence-electron chi connectivity index (χ4n) is 3.78. The molecule has 2 N–H and O–H groups in total. The topological polar surface area (TPSA) is 132 Å². The molecular formula is C23H24N8O2S. The van der Waals surface area contributed by atoms with Gasteiger partial charge in [-0.2, -0.15) is 0 Å². The molecule has 0 aliphatic heterocycles. The van der Waals surface area contributed by atoms with Crippen LogP contribution in [0, 0.1) is 0 Å². The van der Waals surface area contributed by atoms with Crippen LogP contribution in [0.5, 0.6) is 5.88 Å². The highest BCUT2D eigenvalue weighted by molar-refractivity contribution is 7.99. The van der Waals surface area contributed by atoms with Crippen molar-refractivity contribution in [2.45, 2.75) is 50.6 Å². The smallest absolute Gasteiger partial charge is 0.294 e. The minimum atomic E-state index is -0.284. The second-order valence-electron chi connectivity index (χ2n) is 7.92. The monoisotopic (exact) mass is 476 g/mol. The zero-order chi connectivity index (χ0) is 23.7. The van der Waals surface area contributed by atoms with Crippen LogP contribution in [0.4, 0.5) is 5.82 Å². The van der Waals surface area contributed by atoms with Gasteiger partial charge in [-0.15, -0.1) is 11.8 Å². The van der Waals surface area contributed by atoms with Gasteiger partial charge in [0.15, 0.2) is 17.3 Å². The average Bonchev–Trinajstić information content (AvgIpc) is 3.69. The van der Waals surface area contributed by atoms with Gasteiger partial charge in [0, 0.05) is 23.6 Å². The lowest BCUT2D eigenvalue weighted by Crippen LogP contribution is -2.26. The molecule has 11 heteroatoms. The summed E-state index contributed by atoms with van der Waals surface area (Å²) < 4.78 is 1.54. The van der Waals surface area contributed by atoms with E-state index in [1.165, 1.54) is 6.33 Å². The lowest BCUT2D eigenvalue weighted by molar-refractivity contribution is 0.452. The fraction of sp³-hybridized carbons (Fsp3) is 0.348. The lowest BCUT2D eigenvalue weighted by Gasteiger charge is -2.13. The Bertz CT molecular complexity index is 1400. The van der Waals surface area contributed by atoms with E-state index >= 15 is 0 Å². The minimum Gasteiger partial charge on any atom is -0.493 e. The summed E-state index contributed by atoms with van der Waals surface area (Å²) in [5, 5.41) is 13.5. The molecule has 5 rings (SSSR count). The highest BCUT2D eigenvalue weighted by Gasteiger charge is 2.31. The van der Waals surface area contributed by atoms with E-state index < -0.39 is 0 Å². The first-order valence-electron chi connectivity index (χ1n) is 11.2. The number of hydrogen-bond donors (Lipinski definition) is 2. The molecule has 1 aliphatic carbocycles. The Hall–Kier alpha value is -3.60. The number of anilines is 1. The van der Waals surface area contributed by atoms with Crippen molar-refractivity contribution in [3.8, 4) is 17.3 Å². The molecule has 34 heavy (non-hydrogen) atoms. The van der Waals surface area contributed by atoms with Crippen LogP contribution < -0.4 is 10.9 Å². The van der Waals surface area contributed by atoms with Crippen LogP contribution in [0.2, 0.25) is 0 Å².